The molecule has 20 heavy (non-hydrogen) atoms. The van der Waals surface area contributed by atoms with Gasteiger partial charge in [0, 0.05) is 6.42 Å². The lowest BCUT2D eigenvalue weighted by Crippen LogP contribution is -2.07. The predicted octanol–water partition coefficient (Wildman–Crippen LogP) is 4.40. The molecule has 2 aromatic carbocycles. The maximum Gasteiger partial charge on any atom is 0.311 e. The van der Waals surface area contributed by atoms with Gasteiger partial charge < -0.3 is 4.74 Å². The molecule has 0 heterocycles. The smallest absolute Gasteiger partial charge is 0.311 e. The van der Waals surface area contributed by atoms with E-state index in [1.54, 1.807) is 12.1 Å². The van der Waals surface area contributed by atoms with Crippen molar-refractivity contribution in [1.82, 2.24) is 0 Å². The molecule has 2 heteroatoms. The zero-order valence-corrected chi connectivity index (χ0v) is 11.6. The minimum atomic E-state index is -0.143. The molecule has 0 spiro atoms. The van der Waals surface area contributed by atoms with Gasteiger partial charge in [0.2, 0.25) is 0 Å². The van der Waals surface area contributed by atoms with Gasteiger partial charge in [0.25, 0.3) is 0 Å². The lowest BCUT2D eigenvalue weighted by atomic mass is 10.1. The van der Waals surface area contributed by atoms with E-state index in [1.807, 2.05) is 24.3 Å². The number of aryl methyl sites for hydroxylation is 1. The summed E-state index contributed by atoms with van der Waals surface area (Å²) in [5, 5.41) is 0. The fourth-order valence-electron chi connectivity index (χ4n) is 2.09. The van der Waals surface area contributed by atoms with Crippen LogP contribution in [0.4, 0.5) is 0 Å². The van der Waals surface area contributed by atoms with E-state index in [9.17, 15) is 4.79 Å². The van der Waals surface area contributed by atoms with E-state index in [1.165, 1.54) is 5.56 Å². The summed E-state index contributed by atoms with van der Waals surface area (Å²) in [7, 11) is 0. The lowest BCUT2D eigenvalue weighted by Gasteiger charge is -2.04. The van der Waals surface area contributed by atoms with E-state index in [0.717, 1.165) is 25.7 Å². The highest BCUT2D eigenvalue weighted by Crippen LogP contribution is 2.11. The molecular weight excluding hydrogens is 248 g/mol. The molecule has 0 N–H and O–H groups in total. The minimum absolute atomic E-state index is 0.143. The van der Waals surface area contributed by atoms with Crippen LogP contribution in [0.25, 0.3) is 0 Å². The number of carbonyl (C=O) groups excluding carboxylic acids is 1. The Morgan fingerprint density at radius 2 is 1.45 bits per heavy atom. The van der Waals surface area contributed by atoms with Gasteiger partial charge >= 0.3 is 5.97 Å². The molecule has 0 aromatic heterocycles. The van der Waals surface area contributed by atoms with Crippen LogP contribution >= 0.6 is 0 Å². The van der Waals surface area contributed by atoms with Crippen LogP contribution in [0.2, 0.25) is 0 Å². The summed E-state index contributed by atoms with van der Waals surface area (Å²) in [4.78, 5) is 11.6. The van der Waals surface area contributed by atoms with E-state index < -0.39 is 0 Å². The third-order valence-corrected chi connectivity index (χ3v) is 3.16. The summed E-state index contributed by atoms with van der Waals surface area (Å²) < 4.78 is 5.24. The monoisotopic (exact) mass is 268 g/mol. The molecule has 0 aliphatic rings. The van der Waals surface area contributed by atoms with Crippen molar-refractivity contribution in [3.63, 3.8) is 0 Å². The minimum Gasteiger partial charge on any atom is -0.427 e. The van der Waals surface area contributed by atoms with Crippen molar-refractivity contribution in [2.75, 3.05) is 0 Å². The zero-order valence-electron chi connectivity index (χ0n) is 11.6. The number of benzene rings is 2. The number of esters is 1. The molecule has 0 saturated heterocycles. The zero-order chi connectivity index (χ0) is 14.0. The van der Waals surface area contributed by atoms with Crippen molar-refractivity contribution in [2.45, 2.75) is 32.1 Å². The van der Waals surface area contributed by atoms with Crippen molar-refractivity contribution in [2.24, 2.45) is 0 Å². The summed E-state index contributed by atoms with van der Waals surface area (Å²) in [5.41, 5.74) is 1.36. The first-order valence-electron chi connectivity index (χ1n) is 7.14. The molecule has 0 aliphatic heterocycles. The van der Waals surface area contributed by atoms with Gasteiger partial charge in [-0.3, -0.25) is 4.79 Å². The first-order valence-corrected chi connectivity index (χ1v) is 7.14. The fraction of sp³-hybridized carbons (Fsp3) is 0.278. The highest BCUT2D eigenvalue weighted by molar-refractivity contribution is 5.72. The van der Waals surface area contributed by atoms with Crippen LogP contribution in [0.15, 0.2) is 60.7 Å². The number of rotatable bonds is 7. The maximum atomic E-state index is 11.6. The standard InChI is InChI=1S/C18H20O2/c19-18(20-17-13-7-3-8-14-17)15-9-2-6-12-16-10-4-1-5-11-16/h1,3-5,7-8,10-11,13-14H,2,6,9,12,15H2. The SMILES string of the molecule is O=C(CCCCCc1ccccc1)Oc1ccccc1. The van der Waals surface area contributed by atoms with E-state index >= 15 is 0 Å². The average molecular weight is 268 g/mol. The van der Waals surface area contributed by atoms with Crippen molar-refractivity contribution in [3.8, 4) is 5.75 Å². The van der Waals surface area contributed by atoms with Crippen molar-refractivity contribution in [1.29, 1.82) is 0 Å². The Bertz CT molecular complexity index is 505. The number of ether oxygens (including phenoxy) is 1. The van der Waals surface area contributed by atoms with Crippen LogP contribution in [0, 0.1) is 0 Å². The summed E-state index contributed by atoms with van der Waals surface area (Å²) in [6, 6.07) is 19.7. The second-order valence-corrected chi connectivity index (χ2v) is 4.83. The summed E-state index contributed by atoms with van der Waals surface area (Å²) in [6.45, 7) is 0. The van der Waals surface area contributed by atoms with Crippen LogP contribution in [0.5, 0.6) is 5.75 Å². The molecule has 0 radical (unpaired) electrons. The first-order chi connectivity index (χ1) is 9.84. The van der Waals surface area contributed by atoms with Gasteiger partial charge in [0.1, 0.15) is 5.75 Å². The number of hydrogen-bond acceptors (Lipinski definition) is 2. The van der Waals surface area contributed by atoms with Crippen molar-refractivity contribution >= 4 is 5.97 Å². The maximum absolute atomic E-state index is 11.6. The van der Waals surface area contributed by atoms with Crippen molar-refractivity contribution < 1.29 is 9.53 Å². The predicted molar refractivity (Wildman–Crippen MR) is 80.7 cm³/mol. The van der Waals surface area contributed by atoms with Gasteiger partial charge in [0.15, 0.2) is 0 Å². The Hall–Kier alpha value is -2.09. The molecular formula is C18H20O2. The molecule has 2 rings (SSSR count). The molecule has 0 aliphatic carbocycles. The molecule has 0 unspecified atom stereocenters. The van der Waals surface area contributed by atoms with Crippen LogP contribution in [-0.4, -0.2) is 5.97 Å². The molecule has 0 fully saturated rings. The summed E-state index contributed by atoms with van der Waals surface area (Å²) in [6.07, 6.45) is 4.62. The Labute approximate surface area is 120 Å². The largest absolute Gasteiger partial charge is 0.427 e. The van der Waals surface area contributed by atoms with Crippen LogP contribution in [0.1, 0.15) is 31.2 Å². The van der Waals surface area contributed by atoms with Gasteiger partial charge in [-0.2, -0.15) is 0 Å². The quantitative estimate of drug-likeness (QED) is 0.423. The lowest BCUT2D eigenvalue weighted by molar-refractivity contribution is -0.134. The second kappa shape index (κ2) is 8.16. The van der Waals surface area contributed by atoms with Crippen LogP contribution in [-0.2, 0) is 11.2 Å². The van der Waals surface area contributed by atoms with Crippen LogP contribution < -0.4 is 4.74 Å². The molecule has 0 atom stereocenters. The van der Waals surface area contributed by atoms with Gasteiger partial charge in [-0.25, -0.2) is 0 Å². The molecule has 0 bridgehead atoms. The first kappa shape index (κ1) is 14.3. The third-order valence-electron chi connectivity index (χ3n) is 3.16. The molecule has 0 saturated carbocycles. The van der Waals surface area contributed by atoms with E-state index in [4.69, 9.17) is 4.74 Å². The molecule has 2 nitrogen and oxygen atoms in total. The summed E-state index contributed by atoms with van der Waals surface area (Å²) >= 11 is 0. The van der Waals surface area contributed by atoms with Gasteiger partial charge in [0.05, 0.1) is 0 Å². The number of unbranched alkanes of at least 4 members (excludes halogenated alkanes) is 2. The van der Waals surface area contributed by atoms with E-state index in [0.29, 0.717) is 12.2 Å². The van der Waals surface area contributed by atoms with Crippen LogP contribution in [0.3, 0.4) is 0 Å². The van der Waals surface area contributed by atoms with E-state index in [-0.39, 0.29) is 5.97 Å². The van der Waals surface area contributed by atoms with Gasteiger partial charge in [-0.15, -0.1) is 0 Å². The Balaban J connectivity index is 1.58. The summed E-state index contributed by atoms with van der Waals surface area (Å²) in [5.74, 6) is 0.484. The number of hydrogen-bond donors (Lipinski definition) is 0. The van der Waals surface area contributed by atoms with Crippen molar-refractivity contribution in [3.05, 3.63) is 66.2 Å². The van der Waals surface area contributed by atoms with Gasteiger partial charge in [-0.05, 0) is 37.0 Å². The highest BCUT2D eigenvalue weighted by atomic mass is 16.5. The normalized spacial score (nSPS) is 10.2. The second-order valence-electron chi connectivity index (χ2n) is 4.83. The fourth-order valence-corrected chi connectivity index (χ4v) is 2.09. The highest BCUT2D eigenvalue weighted by Gasteiger charge is 2.04. The van der Waals surface area contributed by atoms with Gasteiger partial charge in [-0.1, -0.05) is 55.0 Å². The number of para-hydroxylation sites is 1. The van der Waals surface area contributed by atoms with E-state index in [2.05, 4.69) is 24.3 Å². The Kier molecular flexibility index (Phi) is 5.84. The number of carbonyl (C=O) groups is 1. The Morgan fingerprint density at radius 3 is 2.15 bits per heavy atom. The average Bonchev–Trinajstić information content (AvgIpc) is 2.49. The topological polar surface area (TPSA) is 26.3 Å². The third kappa shape index (κ3) is 5.27. The molecule has 2 aromatic rings. The molecule has 0 amide bonds. The Morgan fingerprint density at radius 1 is 0.800 bits per heavy atom. The molecule has 104 valence electrons.